The highest BCUT2D eigenvalue weighted by atomic mass is 32.1. The molecule has 5 heteroatoms. The first-order valence-corrected chi connectivity index (χ1v) is 6.30. The Labute approximate surface area is 109 Å². The van der Waals surface area contributed by atoms with Crippen LogP contribution in [-0.4, -0.2) is 12.0 Å². The first kappa shape index (κ1) is 12.5. The quantitative estimate of drug-likeness (QED) is 0.852. The number of aromatic nitrogens is 1. The topological polar surface area (TPSA) is 39.9 Å². The minimum atomic E-state index is -0.483. The zero-order chi connectivity index (χ0) is 13.1. The number of hydrogen-bond donors (Lipinski definition) is 0. The maximum Gasteiger partial charge on any atom is 0.143 e. The third-order valence-corrected chi connectivity index (χ3v) is 3.66. The molecule has 0 radical (unpaired) electrons. The number of benzene rings is 1. The average molecular weight is 261 g/mol. The fourth-order valence-corrected chi connectivity index (χ4v) is 2.55. The van der Waals surface area contributed by atoms with Crippen LogP contribution in [0.3, 0.4) is 0 Å². The van der Waals surface area contributed by atoms with Crippen molar-refractivity contribution in [2.24, 2.45) is 0 Å². The van der Waals surface area contributed by atoms with Crippen LogP contribution in [-0.2, 0) is 6.54 Å². The molecule has 0 unspecified atom stereocenters. The molecule has 0 amide bonds. The van der Waals surface area contributed by atoms with Crippen LogP contribution in [0.25, 0.3) is 0 Å². The molecule has 0 saturated heterocycles. The van der Waals surface area contributed by atoms with Gasteiger partial charge < -0.3 is 4.90 Å². The second-order valence-corrected chi connectivity index (χ2v) is 4.90. The lowest BCUT2D eigenvalue weighted by molar-refractivity contribution is 0.623. The van der Waals surface area contributed by atoms with Crippen molar-refractivity contribution in [3.63, 3.8) is 0 Å². The van der Waals surface area contributed by atoms with E-state index in [2.05, 4.69) is 4.98 Å². The maximum atomic E-state index is 13.5. The summed E-state index contributed by atoms with van der Waals surface area (Å²) in [6.45, 7) is 2.56. The van der Waals surface area contributed by atoms with E-state index >= 15 is 0 Å². The molecule has 18 heavy (non-hydrogen) atoms. The summed E-state index contributed by atoms with van der Waals surface area (Å²) < 4.78 is 13.5. The SMILES string of the molecule is Cc1ncsc1CN(C)c1cccc(F)c1C#N. The highest BCUT2D eigenvalue weighted by molar-refractivity contribution is 7.09. The fraction of sp³-hybridized carbons (Fsp3) is 0.231. The van der Waals surface area contributed by atoms with Gasteiger partial charge >= 0.3 is 0 Å². The Bertz CT molecular complexity index is 601. The Morgan fingerprint density at radius 1 is 1.50 bits per heavy atom. The maximum absolute atomic E-state index is 13.5. The fourth-order valence-electron chi connectivity index (χ4n) is 1.72. The summed E-state index contributed by atoms with van der Waals surface area (Å²) >= 11 is 1.56. The molecule has 0 atom stereocenters. The average Bonchev–Trinajstić information content (AvgIpc) is 2.74. The number of hydrogen-bond acceptors (Lipinski definition) is 4. The number of rotatable bonds is 3. The molecule has 1 aromatic heterocycles. The van der Waals surface area contributed by atoms with Crippen molar-refractivity contribution in [2.75, 3.05) is 11.9 Å². The zero-order valence-corrected chi connectivity index (χ0v) is 11.0. The monoisotopic (exact) mass is 261 g/mol. The van der Waals surface area contributed by atoms with E-state index in [0.717, 1.165) is 10.6 Å². The molecule has 0 spiro atoms. The van der Waals surface area contributed by atoms with Gasteiger partial charge in [-0.2, -0.15) is 5.26 Å². The second kappa shape index (κ2) is 5.15. The molecule has 0 aliphatic carbocycles. The minimum Gasteiger partial charge on any atom is -0.368 e. The van der Waals surface area contributed by atoms with E-state index in [1.165, 1.54) is 6.07 Å². The van der Waals surface area contributed by atoms with Gasteiger partial charge in [-0.05, 0) is 19.1 Å². The third-order valence-electron chi connectivity index (χ3n) is 2.74. The van der Waals surface area contributed by atoms with Gasteiger partial charge in [0.25, 0.3) is 0 Å². The summed E-state index contributed by atoms with van der Waals surface area (Å²) in [5.74, 6) is -0.483. The molecule has 0 aliphatic heterocycles. The molecule has 2 rings (SSSR count). The molecule has 1 heterocycles. The number of nitrogens with zero attached hydrogens (tertiary/aromatic N) is 3. The zero-order valence-electron chi connectivity index (χ0n) is 10.1. The van der Waals surface area contributed by atoms with Crippen molar-refractivity contribution >= 4 is 17.0 Å². The molecule has 0 N–H and O–H groups in total. The molecule has 2 aromatic rings. The van der Waals surface area contributed by atoms with Gasteiger partial charge in [-0.3, -0.25) is 0 Å². The van der Waals surface area contributed by atoms with Gasteiger partial charge in [-0.15, -0.1) is 11.3 Å². The van der Waals surface area contributed by atoms with Crippen molar-refractivity contribution in [3.05, 3.63) is 45.7 Å². The Balaban J connectivity index is 2.30. The van der Waals surface area contributed by atoms with E-state index < -0.39 is 5.82 Å². The first-order valence-electron chi connectivity index (χ1n) is 5.42. The Morgan fingerprint density at radius 3 is 2.89 bits per heavy atom. The minimum absolute atomic E-state index is 0.0853. The Kier molecular flexibility index (Phi) is 3.58. The van der Waals surface area contributed by atoms with Crippen LogP contribution in [0.4, 0.5) is 10.1 Å². The van der Waals surface area contributed by atoms with E-state index in [0.29, 0.717) is 12.2 Å². The number of halogens is 1. The van der Waals surface area contributed by atoms with Crippen molar-refractivity contribution in [1.29, 1.82) is 5.26 Å². The molecule has 92 valence electrons. The number of thiazole rings is 1. The van der Waals surface area contributed by atoms with Crippen LogP contribution >= 0.6 is 11.3 Å². The van der Waals surface area contributed by atoms with Crippen LogP contribution in [0.15, 0.2) is 23.7 Å². The normalized spacial score (nSPS) is 10.1. The highest BCUT2D eigenvalue weighted by Crippen LogP contribution is 2.24. The van der Waals surface area contributed by atoms with Crippen molar-refractivity contribution in [3.8, 4) is 6.07 Å². The highest BCUT2D eigenvalue weighted by Gasteiger charge is 2.13. The predicted octanol–water partition coefficient (Wildman–Crippen LogP) is 3.10. The number of anilines is 1. The van der Waals surface area contributed by atoms with Crippen LogP contribution in [0.1, 0.15) is 16.1 Å². The molecule has 0 aliphatic rings. The summed E-state index contributed by atoms with van der Waals surface area (Å²) in [4.78, 5) is 7.16. The number of aryl methyl sites for hydroxylation is 1. The van der Waals surface area contributed by atoms with Gasteiger partial charge in [0.15, 0.2) is 0 Å². The van der Waals surface area contributed by atoms with E-state index in [1.54, 1.807) is 29.0 Å². The van der Waals surface area contributed by atoms with Crippen LogP contribution in [0, 0.1) is 24.1 Å². The molecule has 0 bridgehead atoms. The molecule has 0 saturated carbocycles. The molecular weight excluding hydrogens is 249 g/mol. The van der Waals surface area contributed by atoms with Crippen LogP contribution in [0.2, 0.25) is 0 Å². The standard InChI is InChI=1S/C13H12FN3S/c1-9-13(18-8-16-9)7-17(2)12-5-3-4-11(14)10(12)6-15/h3-5,8H,7H2,1-2H3. The largest absolute Gasteiger partial charge is 0.368 e. The lowest BCUT2D eigenvalue weighted by Crippen LogP contribution is -2.17. The van der Waals surface area contributed by atoms with Crippen molar-refractivity contribution in [1.82, 2.24) is 4.98 Å². The first-order chi connectivity index (χ1) is 8.63. The van der Waals surface area contributed by atoms with E-state index in [1.807, 2.05) is 24.9 Å². The molecule has 3 nitrogen and oxygen atoms in total. The predicted molar refractivity (Wildman–Crippen MR) is 70.1 cm³/mol. The van der Waals surface area contributed by atoms with E-state index in [9.17, 15) is 4.39 Å². The van der Waals surface area contributed by atoms with Crippen LogP contribution < -0.4 is 4.90 Å². The van der Waals surface area contributed by atoms with Gasteiger partial charge in [0.2, 0.25) is 0 Å². The lowest BCUT2D eigenvalue weighted by Gasteiger charge is -2.20. The van der Waals surface area contributed by atoms with E-state index in [4.69, 9.17) is 5.26 Å². The van der Waals surface area contributed by atoms with Gasteiger partial charge in [0, 0.05) is 11.9 Å². The smallest absolute Gasteiger partial charge is 0.143 e. The van der Waals surface area contributed by atoms with Gasteiger partial charge in [-0.1, -0.05) is 6.07 Å². The van der Waals surface area contributed by atoms with E-state index in [-0.39, 0.29) is 5.56 Å². The molecule has 1 aromatic carbocycles. The Morgan fingerprint density at radius 2 is 2.28 bits per heavy atom. The molecule has 0 fully saturated rings. The van der Waals surface area contributed by atoms with Gasteiger partial charge in [0.05, 0.1) is 23.4 Å². The summed E-state index contributed by atoms with van der Waals surface area (Å²) in [6, 6.07) is 6.57. The summed E-state index contributed by atoms with van der Waals surface area (Å²) in [5, 5.41) is 9.00. The van der Waals surface area contributed by atoms with Gasteiger partial charge in [0.1, 0.15) is 17.4 Å². The summed E-state index contributed by atoms with van der Waals surface area (Å²) in [7, 11) is 1.84. The summed E-state index contributed by atoms with van der Waals surface area (Å²) in [6.07, 6.45) is 0. The number of nitriles is 1. The van der Waals surface area contributed by atoms with Gasteiger partial charge in [-0.25, -0.2) is 9.37 Å². The summed E-state index contributed by atoms with van der Waals surface area (Å²) in [5.41, 5.74) is 3.45. The second-order valence-electron chi connectivity index (χ2n) is 3.96. The Hall–Kier alpha value is -1.93. The molecular formula is C13H12FN3S. The van der Waals surface area contributed by atoms with Crippen molar-refractivity contribution in [2.45, 2.75) is 13.5 Å². The van der Waals surface area contributed by atoms with Crippen molar-refractivity contribution < 1.29 is 4.39 Å². The third kappa shape index (κ3) is 2.34. The van der Waals surface area contributed by atoms with Crippen LogP contribution in [0.5, 0.6) is 0 Å². The lowest BCUT2D eigenvalue weighted by atomic mass is 10.1.